The highest BCUT2D eigenvalue weighted by molar-refractivity contribution is 7.22. The number of fused-ring (bicyclic) bond motifs is 1. The molecule has 0 bridgehead atoms. The molecule has 1 aliphatic carbocycles. The van der Waals surface area contributed by atoms with Crippen LogP contribution >= 0.6 is 11.3 Å². The van der Waals surface area contributed by atoms with E-state index in [4.69, 9.17) is 4.74 Å². The molecule has 1 saturated carbocycles. The van der Waals surface area contributed by atoms with Gasteiger partial charge >= 0.3 is 6.03 Å². The van der Waals surface area contributed by atoms with Crippen LogP contribution in [0.4, 0.5) is 14.9 Å². The van der Waals surface area contributed by atoms with E-state index in [0.717, 1.165) is 35.4 Å². The highest BCUT2D eigenvalue weighted by Crippen LogP contribution is 2.39. The topological polar surface area (TPSA) is 118 Å². The number of nitrogens with zero attached hydrogens (tertiary/aromatic N) is 6. The zero-order valence-corrected chi connectivity index (χ0v) is 22.9. The number of halogens is 1. The highest BCUT2D eigenvalue weighted by Gasteiger charge is 2.28. The van der Waals surface area contributed by atoms with Crippen LogP contribution in [0.1, 0.15) is 19.3 Å². The van der Waals surface area contributed by atoms with E-state index in [1.54, 1.807) is 29.2 Å². The van der Waals surface area contributed by atoms with E-state index >= 15 is 0 Å². The number of amides is 3. The molecule has 208 valence electrons. The first-order valence-corrected chi connectivity index (χ1v) is 13.9. The van der Waals surface area contributed by atoms with E-state index in [2.05, 4.69) is 30.8 Å². The maximum atomic E-state index is 14.8. The Kier molecular flexibility index (Phi) is 7.07. The summed E-state index contributed by atoms with van der Waals surface area (Å²) in [4.78, 5) is 34.0. The molecule has 0 spiro atoms. The third-order valence-electron chi connectivity index (χ3n) is 7.03. The van der Waals surface area contributed by atoms with Crippen molar-refractivity contribution >= 4 is 39.2 Å². The fourth-order valence-corrected chi connectivity index (χ4v) is 5.61. The summed E-state index contributed by atoms with van der Waals surface area (Å²) in [5, 5.41) is 13.9. The predicted molar refractivity (Wildman–Crippen MR) is 149 cm³/mol. The normalized spacial score (nSPS) is 17.0. The number of pyridine rings is 1. The van der Waals surface area contributed by atoms with E-state index < -0.39 is 5.82 Å². The third kappa shape index (κ3) is 5.75. The molecule has 0 unspecified atom stereocenters. The van der Waals surface area contributed by atoms with Gasteiger partial charge in [0.2, 0.25) is 5.91 Å². The van der Waals surface area contributed by atoms with Gasteiger partial charge in [-0.2, -0.15) is 0 Å². The van der Waals surface area contributed by atoms with Crippen molar-refractivity contribution in [1.29, 1.82) is 0 Å². The van der Waals surface area contributed by atoms with Crippen LogP contribution in [-0.4, -0.2) is 81.0 Å². The number of rotatable bonds is 8. The molecule has 3 amide bonds. The van der Waals surface area contributed by atoms with E-state index in [0.29, 0.717) is 35.2 Å². The van der Waals surface area contributed by atoms with Gasteiger partial charge in [0.1, 0.15) is 18.0 Å². The standard InChI is InChI=1S/C27H29FN8O3S/c1-34(2)18-8-10-35(13-18)25(37)15-36-14-21(32-33-36)24-12-20-26(40-24)23(7-9-29-20)39-22-6-5-17(11-19(22)28)31-27(38)30-16-3-4-16/h5-7,9,11-12,14,16,18H,3-4,8,10,13,15H2,1-2H3,(H2,30,31,38)/t18-/m0/s1. The lowest BCUT2D eigenvalue weighted by Gasteiger charge is -2.20. The summed E-state index contributed by atoms with van der Waals surface area (Å²) in [5.74, 6) is -0.118. The summed E-state index contributed by atoms with van der Waals surface area (Å²) in [5.41, 5.74) is 1.62. The first-order valence-electron chi connectivity index (χ1n) is 13.1. The fourth-order valence-electron chi connectivity index (χ4n) is 4.60. The lowest BCUT2D eigenvalue weighted by Crippen LogP contribution is -2.36. The van der Waals surface area contributed by atoms with Crippen LogP contribution in [0.5, 0.6) is 11.5 Å². The molecule has 3 aromatic heterocycles. The number of urea groups is 1. The number of thiophene rings is 1. The zero-order chi connectivity index (χ0) is 27.8. The van der Waals surface area contributed by atoms with Gasteiger partial charge in [-0.15, -0.1) is 16.4 Å². The number of carbonyl (C=O) groups excluding carboxylic acids is 2. The van der Waals surface area contributed by atoms with Crippen LogP contribution in [-0.2, 0) is 11.3 Å². The van der Waals surface area contributed by atoms with Crippen LogP contribution in [0.2, 0.25) is 0 Å². The molecule has 6 rings (SSSR count). The molecular formula is C27H29FN8O3S. The van der Waals surface area contributed by atoms with Crippen molar-refractivity contribution in [2.45, 2.75) is 37.9 Å². The van der Waals surface area contributed by atoms with Crippen LogP contribution < -0.4 is 15.4 Å². The maximum absolute atomic E-state index is 14.8. The number of hydrogen-bond donors (Lipinski definition) is 2. The fraction of sp³-hybridized carbons (Fsp3) is 0.370. The number of hydrogen-bond acceptors (Lipinski definition) is 8. The summed E-state index contributed by atoms with van der Waals surface area (Å²) >= 11 is 1.39. The molecule has 4 aromatic rings. The Hall–Kier alpha value is -4.10. The summed E-state index contributed by atoms with van der Waals surface area (Å²) in [6, 6.07) is 8.06. The largest absolute Gasteiger partial charge is 0.453 e. The summed E-state index contributed by atoms with van der Waals surface area (Å²) in [7, 11) is 4.06. The van der Waals surface area contributed by atoms with Crippen LogP contribution in [0.15, 0.2) is 42.7 Å². The Morgan fingerprint density at radius 3 is 2.77 bits per heavy atom. The number of nitrogens with one attached hydrogen (secondary N) is 2. The smallest absolute Gasteiger partial charge is 0.319 e. The molecular weight excluding hydrogens is 535 g/mol. The molecule has 1 atom stereocenters. The molecule has 1 aromatic carbocycles. The average Bonchev–Trinajstić information content (AvgIpc) is 3.31. The molecule has 2 N–H and O–H groups in total. The molecule has 11 nitrogen and oxygen atoms in total. The highest BCUT2D eigenvalue weighted by atomic mass is 32.1. The summed E-state index contributed by atoms with van der Waals surface area (Å²) in [6.45, 7) is 1.58. The van der Waals surface area contributed by atoms with E-state index in [1.165, 1.54) is 23.5 Å². The number of likely N-dealkylation sites (N-methyl/N-ethyl adjacent to an activating group) is 1. The first kappa shape index (κ1) is 26.1. The number of benzene rings is 1. The lowest BCUT2D eigenvalue weighted by molar-refractivity contribution is -0.131. The van der Waals surface area contributed by atoms with Gasteiger partial charge in [-0.25, -0.2) is 13.9 Å². The molecule has 2 aliphatic rings. The third-order valence-corrected chi connectivity index (χ3v) is 8.19. The van der Waals surface area contributed by atoms with Crippen molar-refractivity contribution in [3.63, 3.8) is 0 Å². The van der Waals surface area contributed by atoms with Gasteiger partial charge < -0.3 is 25.2 Å². The van der Waals surface area contributed by atoms with E-state index in [1.807, 2.05) is 25.1 Å². The van der Waals surface area contributed by atoms with E-state index in [9.17, 15) is 14.0 Å². The molecule has 1 aliphatic heterocycles. The van der Waals surface area contributed by atoms with Gasteiger partial charge in [-0.1, -0.05) is 5.21 Å². The molecule has 40 heavy (non-hydrogen) atoms. The molecule has 13 heteroatoms. The second kappa shape index (κ2) is 10.8. The number of ether oxygens (including phenoxy) is 1. The van der Waals surface area contributed by atoms with Crippen molar-refractivity contribution < 1.29 is 18.7 Å². The van der Waals surface area contributed by atoms with Crippen molar-refractivity contribution in [3.8, 4) is 22.1 Å². The van der Waals surface area contributed by atoms with Crippen molar-refractivity contribution in [1.82, 2.24) is 35.1 Å². The minimum Gasteiger partial charge on any atom is -0.453 e. The molecule has 1 saturated heterocycles. The average molecular weight is 565 g/mol. The SMILES string of the molecule is CN(C)[C@H]1CCN(C(=O)Cn2cc(-c3cc4nccc(Oc5ccc(NC(=O)NC6CC6)cc5F)c4s3)nn2)C1. The van der Waals surface area contributed by atoms with Crippen LogP contribution in [0, 0.1) is 5.82 Å². The second-order valence-electron chi connectivity index (χ2n) is 10.3. The van der Waals surface area contributed by atoms with Crippen LogP contribution in [0.25, 0.3) is 20.8 Å². The van der Waals surface area contributed by atoms with Gasteiger partial charge in [0.05, 0.1) is 21.3 Å². The Morgan fingerprint density at radius 1 is 1.18 bits per heavy atom. The van der Waals surface area contributed by atoms with Crippen LogP contribution in [0.3, 0.4) is 0 Å². The molecule has 2 fully saturated rings. The number of carbonyl (C=O) groups is 2. The lowest BCUT2D eigenvalue weighted by atomic mass is 10.2. The quantitative estimate of drug-likeness (QED) is 0.333. The molecule has 4 heterocycles. The van der Waals surface area contributed by atoms with Crippen molar-refractivity contribution in [3.05, 3.63) is 48.5 Å². The Balaban J connectivity index is 1.14. The Labute approximate surface area is 233 Å². The number of likely N-dealkylation sites (tertiary alicyclic amines) is 1. The molecule has 0 radical (unpaired) electrons. The predicted octanol–water partition coefficient (Wildman–Crippen LogP) is 3.93. The van der Waals surface area contributed by atoms with Gasteiger partial charge in [-0.3, -0.25) is 9.78 Å². The Bertz CT molecular complexity index is 1570. The number of aromatic nitrogens is 4. The number of anilines is 1. The minimum atomic E-state index is -0.603. The summed E-state index contributed by atoms with van der Waals surface area (Å²) < 4.78 is 23.0. The van der Waals surface area contributed by atoms with Gasteiger partial charge in [0, 0.05) is 49.2 Å². The maximum Gasteiger partial charge on any atom is 0.319 e. The zero-order valence-electron chi connectivity index (χ0n) is 22.1. The van der Waals surface area contributed by atoms with E-state index in [-0.39, 0.29) is 30.3 Å². The summed E-state index contributed by atoms with van der Waals surface area (Å²) in [6.07, 6.45) is 6.23. The van der Waals surface area contributed by atoms with Crippen molar-refractivity contribution in [2.75, 3.05) is 32.5 Å². The van der Waals surface area contributed by atoms with Gasteiger partial charge in [0.25, 0.3) is 0 Å². The second-order valence-corrected chi connectivity index (χ2v) is 11.4. The van der Waals surface area contributed by atoms with Crippen molar-refractivity contribution in [2.24, 2.45) is 0 Å². The first-order chi connectivity index (χ1) is 19.3. The van der Waals surface area contributed by atoms with Gasteiger partial charge in [-0.05, 0) is 51.6 Å². The van der Waals surface area contributed by atoms with Gasteiger partial charge in [0.15, 0.2) is 11.6 Å². The monoisotopic (exact) mass is 564 g/mol. The Morgan fingerprint density at radius 2 is 2.02 bits per heavy atom. The minimum absolute atomic E-state index is 0.0151.